The zero-order chi connectivity index (χ0) is 27.7. The number of thiazole rings is 1. The Labute approximate surface area is 240 Å². The van der Waals surface area contributed by atoms with Gasteiger partial charge in [-0.3, -0.25) is 19.5 Å². The van der Waals surface area contributed by atoms with Crippen molar-refractivity contribution < 1.29 is 19.5 Å². The first-order chi connectivity index (χ1) is 18.8. The van der Waals surface area contributed by atoms with Crippen LogP contribution in [0.25, 0.3) is 0 Å². The fourth-order valence-electron chi connectivity index (χ4n) is 4.80. The number of nitrogens with zero attached hydrogens (tertiary/aromatic N) is 4. The predicted molar refractivity (Wildman–Crippen MR) is 149 cm³/mol. The van der Waals surface area contributed by atoms with Crippen LogP contribution in [0.2, 0.25) is 4.34 Å². The molecule has 39 heavy (non-hydrogen) atoms. The molecule has 206 valence electrons. The first-order valence-electron chi connectivity index (χ1n) is 12.1. The Morgan fingerprint density at radius 3 is 2.90 bits per heavy atom. The Bertz CT molecular complexity index is 1350. The maximum absolute atomic E-state index is 13.1. The number of aliphatic carboxylic acids is 1. The number of amides is 2. The number of carboxylic acids is 1. The summed E-state index contributed by atoms with van der Waals surface area (Å²) in [6.45, 7) is 1.96. The van der Waals surface area contributed by atoms with Crippen LogP contribution < -0.4 is 16.4 Å². The average molecular weight is 610 g/mol. The number of anilines is 1. The number of carbonyl (C=O) groups excluding carboxylic acids is 2. The smallest absolute Gasteiger partial charge is 0.353 e. The van der Waals surface area contributed by atoms with E-state index in [-0.39, 0.29) is 20.9 Å². The molecular weight excluding hydrogens is 586 g/mol. The molecule has 5 heterocycles. The lowest BCUT2D eigenvalue weighted by molar-refractivity contribution is -0.156. The van der Waals surface area contributed by atoms with Crippen molar-refractivity contribution >= 4 is 69.4 Å². The summed E-state index contributed by atoms with van der Waals surface area (Å²) in [5, 5.41) is 19.3. The Morgan fingerprint density at radius 2 is 2.23 bits per heavy atom. The van der Waals surface area contributed by atoms with E-state index in [0.29, 0.717) is 28.7 Å². The number of β-lactam (4-membered cyclic amide) rings is 1. The first kappa shape index (κ1) is 27.8. The predicted octanol–water partition coefficient (Wildman–Crippen LogP) is 2.75. The van der Waals surface area contributed by atoms with Gasteiger partial charge < -0.3 is 21.5 Å². The first-order valence-corrected chi connectivity index (χ1v) is 15.1. The van der Waals surface area contributed by atoms with E-state index >= 15 is 0 Å². The van der Waals surface area contributed by atoms with Crippen LogP contribution in [0.3, 0.4) is 0 Å². The summed E-state index contributed by atoms with van der Waals surface area (Å²) < 4.78 is 0.0531. The number of pyridine rings is 1. The lowest BCUT2D eigenvalue weighted by atomic mass is 9.86. The van der Waals surface area contributed by atoms with Crippen molar-refractivity contribution in [3.63, 3.8) is 0 Å². The normalized spacial score (nSPS) is 23.3. The number of nitrogens with two attached hydrogens (primary N) is 1. The number of halogens is 1. The minimum Gasteiger partial charge on any atom is -0.477 e. The number of nitrogen functional groups attached to an aromatic ring is 1. The van der Waals surface area contributed by atoms with Crippen molar-refractivity contribution in [1.82, 2.24) is 25.5 Å². The standard InChI is InChI=1S/C23H24ClN7O5S3/c24-19-16(29-23(25)39-19)17(30-36)20(32)28-15-12-3-4-14(18(22(34)35)31(12)21(15)33)38-13-2-1-6-27-11(13)9-37-10-5-7-26-8-10/h1-2,6,10,12,15,17,26H,3-5,7-9H2,(H2,25,29)(H,28,32)(H,34,35)/t10?,12-,15+,17?/m1/s1. The number of hydrogen-bond donors (Lipinski definition) is 4. The minimum absolute atomic E-state index is 0.0531. The number of allylic oxidation sites excluding steroid dienone is 1. The van der Waals surface area contributed by atoms with E-state index < -0.39 is 35.9 Å². The maximum Gasteiger partial charge on any atom is 0.353 e. The molecule has 12 nitrogen and oxygen atoms in total. The van der Waals surface area contributed by atoms with Gasteiger partial charge in [0.25, 0.3) is 11.8 Å². The molecule has 5 rings (SSSR count). The van der Waals surface area contributed by atoms with E-state index in [2.05, 4.69) is 25.8 Å². The highest BCUT2D eigenvalue weighted by molar-refractivity contribution is 8.03. The molecule has 2 aromatic heterocycles. The SMILES string of the molecule is Nc1nc(C(N=O)C(=O)N[C@@H]2C(=O)N3C(C(=O)O)=C(Sc4cccnc4CSC4CCNC4)CC[C@H]23)c(Cl)s1. The molecule has 2 amide bonds. The minimum atomic E-state index is -1.58. The van der Waals surface area contributed by atoms with E-state index in [1.807, 2.05) is 17.8 Å². The summed E-state index contributed by atoms with van der Waals surface area (Å²) in [5.74, 6) is -1.96. The van der Waals surface area contributed by atoms with Crippen molar-refractivity contribution in [3.05, 3.63) is 49.6 Å². The molecular formula is C23H24ClN7O5S3. The van der Waals surface area contributed by atoms with Gasteiger partial charge in [-0.2, -0.15) is 11.8 Å². The second-order valence-corrected chi connectivity index (χ2v) is 13.1. The topological polar surface area (TPSA) is 180 Å². The molecule has 0 spiro atoms. The number of nitroso groups, excluding NO2 is 1. The molecule has 2 fully saturated rings. The van der Waals surface area contributed by atoms with Crippen LogP contribution in [-0.4, -0.2) is 68.2 Å². The van der Waals surface area contributed by atoms with Crippen molar-refractivity contribution in [3.8, 4) is 0 Å². The molecule has 0 aliphatic carbocycles. The molecule has 4 atom stereocenters. The third-order valence-electron chi connectivity index (χ3n) is 6.68. The zero-order valence-electron chi connectivity index (χ0n) is 20.3. The Hall–Kier alpha value is -2.72. The van der Waals surface area contributed by atoms with Crippen LogP contribution in [0, 0.1) is 4.91 Å². The third-order valence-corrected chi connectivity index (χ3v) is 10.3. The van der Waals surface area contributed by atoms with Gasteiger partial charge in [0.1, 0.15) is 21.8 Å². The lowest BCUT2D eigenvalue weighted by Gasteiger charge is -2.50. The molecule has 0 saturated carbocycles. The van der Waals surface area contributed by atoms with Gasteiger partial charge in [-0.05, 0) is 43.1 Å². The lowest BCUT2D eigenvalue weighted by Crippen LogP contribution is -2.71. The quantitative estimate of drug-likeness (QED) is 0.230. The van der Waals surface area contributed by atoms with Gasteiger partial charge >= 0.3 is 5.97 Å². The molecule has 3 aliphatic heterocycles. The van der Waals surface area contributed by atoms with Gasteiger partial charge in [-0.25, -0.2) is 9.78 Å². The second kappa shape index (κ2) is 11.8. The molecule has 2 saturated heterocycles. The highest BCUT2D eigenvalue weighted by Crippen LogP contribution is 2.44. The van der Waals surface area contributed by atoms with Crippen molar-refractivity contribution in [1.29, 1.82) is 0 Å². The van der Waals surface area contributed by atoms with E-state index in [4.69, 9.17) is 17.3 Å². The summed E-state index contributed by atoms with van der Waals surface area (Å²) in [7, 11) is 0. The molecule has 0 bridgehead atoms. The van der Waals surface area contributed by atoms with Gasteiger partial charge in [-0.1, -0.05) is 34.7 Å². The largest absolute Gasteiger partial charge is 0.477 e. The second-order valence-electron chi connectivity index (χ2n) is 9.07. The van der Waals surface area contributed by atoms with Crippen molar-refractivity contribution in [2.45, 2.75) is 53.3 Å². The Balaban J connectivity index is 1.31. The number of fused-ring (bicyclic) bond motifs is 1. The number of rotatable bonds is 10. The summed E-state index contributed by atoms with van der Waals surface area (Å²) >= 11 is 10.1. The summed E-state index contributed by atoms with van der Waals surface area (Å²) in [6, 6.07) is 0.559. The van der Waals surface area contributed by atoms with E-state index in [0.717, 1.165) is 41.4 Å². The van der Waals surface area contributed by atoms with Crippen LogP contribution >= 0.6 is 46.5 Å². The fourth-order valence-corrected chi connectivity index (χ4v) is 8.17. The van der Waals surface area contributed by atoms with Gasteiger partial charge in [0, 0.05) is 33.5 Å². The third kappa shape index (κ3) is 5.63. The van der Waals surface area contributed by atoms with E-state index in [1.165, 1.54) is 16.7 Å². The fraction of sp³-hybridized carbons (Fsp3) is 0.435. The summed E-state index contributed by atoms with van der Waals surface area (Å²) in [4.78, 5) is 60.7. The zero-order valence-corrected chi connectivity index (χ0v) is 23.5. The highest BCUT2D eigenvalue weighted by Gasteiger charge is 2.54. The summed E-state index contributed by atoms with van der Waals surface area (Å²) in [6.07, 6.45) is 3.64. The molecule has 2 aromatic rings. The van der Waals surface area contributed by atoms with E-state index in [1.54, 1.807) is 12.3 Å². The highest BCUT2D eigenvalue weighted by atomic mass is 35.5. The van der Waals surface area contributed by atoms with Crippen LogP contribution in [0.5, 0.6) is 0 Å². The Morgan fingerprint density at radius 1 is 1.41 bits per heavy atom. The number of nitrogens with one attached hydrogen (secondary N) is 2. The Kier molecular flexibility index (Phi) is 8.42. The van der Waals surface area contributed by atoms with Crippen molar-refractivity contribution in [2.75, 3.05) is 18.8 Å². The number of aromatic nitrogens is 2. The summed E-state index contributed by atoms with van der Waals surface area (Å²) in [5.41, 5.74) is 6.28. The van der Waals surface area contributed by atoms with Crippen molar-refractivity contribution in [2.24, 2.45) is 5.18 Å². The molecule has 0 radical (unpaired) electrons. The van der Waals surface area contributed by atoms with Gasteiger partial charge in [0.2, 0.25) is 6.04 Å². The van der Waals surface area contributed by atoms with Gasteiger partial charge in [0.05, 0.1) is 11.7 Å². The monoisotopic (exact) mass is 609 g/mol. The molecule has 3 aliphatic rings. The van der Waals surface area contributed by atoms with Crippen LogP contribution in [0.4, 0.5) is 5.13 Å². The molecule has 0 aromatic carbocycles. The van der Waals surface area contributed by atoms with Crippen LogP contribution in [-0.2, 0) is 20.1 Å². The number of carboxylic acid groups (broad SMARTS) is 1. The van der Waals surface area contributed by atoms with Gasteiger partial charge in [-0.15, -0.1) is 4.91 Å². The van der Waals surface area contributed by atoms with Crippen LogP contribution in [0.1, 0.15) is 36.7 Å². The average Bonchev–Trinajstić information content (AvgIpc) is 3.55. The van der Waals surface area contributed by atoms with E-state index in [9.17, 15) is 24.4 Å². The molecule has 16 heteroatoms. The molecule has 5 N–H and O–H groups in total. The van der Waals surface area contributed by atoms with Crippen LogP contribution in [0.15, 0.2) is 39.0 Å². The number of hydrogen-bond acceptors (Lipinski definition) is 12. The number of thioether (sulfide) groups is 2. The maximum atomic E-state index is 13.1. The number of carbonyl (C=O) groups is 3. The van der Waals surface area contributed by atoms with Gasteiger partial charge in [0.15, 0.2) is 5.13 Å². The molecule has 2 unspecified atom stereocenters.